The van der Waals surface area contributed by atoms with Crippen LogP contribution in [0.5, 0.6) is 11.6 Å². The molecule has 0 amide bonds. The summed E-state index contributed by atoms with van der Waals surface area (Å²) in [5.74, 6) is 1.67. The van der Waals surface area contributed by atoms with E-state index >= 15 is 0 Å². The van der Waals surface area contributed by atoms with Crippen molar-refractivity contribution in [3.63, 3.8) is 0 Å². The molecule has 0 N–H and O–H groups in total. The third kappa shape index (κ3) is 5.31. The van der Waals surface area contributed by atoms with Gasteiger partial charge >= 0.3 is 0 Å². The zero-order chi connectivity index (χ0) is 26.0. The zero-order valence-corrected chi connectivity index (χ0v) is 22.8. The van der Waals surface area contributed by atoms with Crippen molar-refractivity contribution in [2.24, 2.45) is 0 Å². The standard InChI is InChI=1S/C27H28BrN5O3/c1-16-14-30-20(19-10-11-29-26(32-19)27(3,4)5)13-21(16)33-17(2)12-22(24(28)25(33)34)36-15-18-8-7-9-23(31-18)35-6/h7-14H,15H2,1-6H3. The minimum absolute atomic E-state index is 0.195. The summed E-state index contributed by atoms with van der Waals surface area (Å²) in [4.78, 5) is 31.5. The maximum atomic E-state index is 13.5. The molecule has 4 aromatic rings. The number of halogens is 1. The number of hydrogen-bond acceptors (Lipinski definition) is 7. The van der Waals surface area contributed by atoms with Gasteiger partial charge in [0.15, 0.2) is 0 Å². The van der Waals surface area contributed by atoms with E-state index in [-0.39, 0.29) is 17.6 Å². The molecule has 0 bridgehead atoms. The summed E-state index contributed by atoms with van der Waals surface area (Å²) >= 11 is 3.44. The number of aromatic nitrogens is 5. The van der Waals surface area contributed by atoms with Gasteiger partial charge in [0.1, 0.15) is 22.7 Å². The molecule has 0 aromatic carbocycles. The van der Waals surface area contributed by atoms with Crippen molar-refractivity contribution in [3.05, 3.63) is 86.4 Å². The monoisotopic (exact) mass is 549 g/mol. The van der Waals surface area contributed by atoms with Crippen LogP contribution < -0.4 is 15.0 Å². The van der Waals surface area contributed by atoms with E-state index in [9.17, 15) is 4.79 Å². The number of hydrogen-bond donors (Lipinski definition) is 0. The first-order chi connectivity index (χ1) is 17.1. The van der Waals surface area contributed by atoms with Gasteiger partial charge in [0.05, 0.1) is 29.9 Å². The van der Waals surface area contributed by atoms with Crippen molar-refractivity contribution in [1.29, 1.82) is 0 Å². The van der Waals surface area contributed by atoms with Crippen molar-refractivity contribution in [2.45, 2.75) is 46.6 Å². The molecule has 36 heavy (non-hydrogen) atoms. The summed E-state index contributed by atoms with van der Waals surface area (Å²) in [6, 6.07) is 11.0. The molecule has 0 atom stereocenters. The number of rotatable bonds is 6. The molecule has 8 nitrogen and oxygen atoms in total. The Morgan fingerprint density at radius 1 is 1.03 bits per heavy atom. The first-order valence-electron chi connectivity index (χ1n) is 11.4. The van der Waals surface area contributed by atoms with E-state index in [2.05, 4.69) is 51.7 Å². The highest BCUT2D eigenvalue weighted by Crippen LogP contribution is 2.28. The Hall–Kier alpha value is -3.59. The predicted molar refractivity (Wildman–Crippen MR) is 142 cm³/mol. The average molecular weight is 550 g/mol. The summed E-state index contributed by atoms with van der Waals surface area (Å²) in [6.45, 7) is 10.2. The maximum absolute atomic E-state index is 13.5. The number of methoxy groups -OCH3 is 1. The predicted octanol–water partition coefficient (Wildman–Crippen LogP) is 5.35. The Balaban J connectivity index is 1.71. The first-order valence-corrected chi connectivity index (χ1v) is 12.2. The van der Waals surface area contributed by atoms with Crippen LogP contribution in [0.2, 0.25) is 0 Å². The number of aryl methyl sites for hydroxylation is 2. The highest BCUT2D eigenvalue weighted by Gasteiger charge is 2.20. The number of pyridine rings is 3. The molecule has 0 aliphatic heterocycles. The van der Waals surface area contributed by atoms with E-state index in [0.29, 0.717) is 33.2 Å². The van der Waals surface area contributed by atoms with Gasteiger partial charge < -0.3 is 9.47 Å². The molecular weight excluding hydrogens is 522 g/mol. The minimum Gasteiger partial charge on any atom is -0.486 e. The molecule has 0 unspecified atom stereocenters. The van der Waals surface area contributed by atoms with Crippen molar-refractivity contribution in [1.82, 2.24) is 24.5 Å². The lowest BCUT2D eigenvalue weighted by Crippen LogP contribution is -2.23. The van der Waals surface area contributed by atoms with Gasteiger partial charge in [-0.2, -0.15) is 0 Å². The molecule has 0 radical (unpaired) electrons. The van der Waals surface area contributed by atoms with Crippen LogP contribution in [0.1, 0.15) is 43.5 Å². The van der Waals surface area contributed by atoms with Gasteiger partial charge in [-0.3, -0.25) is 14.3 Å². The van der Waals surface area contributed by atoms with E-state index in [1.165, 1.54) is 0 Å². The van der Waals surface area contributed by atoms with Crippen LogP contribution in [0, 0.1) is 13.8 Å². The average Bonchev–Trinajstić information content (AvgIpc) is 2.86. The van der Waals surface area contributed by atoms with Crippen LogP contribution in [-0.4, -0.2) is 31.6 Å². The second-order valence-corrected chi connectivity index (χ2v) is 10.2. The van der Waals surface area contributed by atoms with Crippen LogP contribution in [0.4, 0.5) is 0 Å². The largest absolute Gasteiger partial charge is 0.486 e. The quantitative estimate of drug-likeness (QED) is 0.320. The van der Waals surface area contributed by atoms with E-state index in [4.69, 9.17) is 14.5 Å². The van der Waals surface area contributed by atoms with Gasteiger partial charge in [-0.25, -0.2) is 15.0 Å². The fraction of sp³-hybridized carbons (Fsp3) is 0.296. The van der Waals surface area contributed by atoms with Gasteiger partial charge in [-0.05, 0) is 53.5 Å². The van der Waals surface area contributed by atoms with E-state index in [1.807, 2.05) is 44.2 Å². The van der Waals surface area contributed by atoms with E-state index in [0.717, 1.165) is 22.8 Å². The van der Waals surface area contributed by atoms with Crippen molar-refractivity contribution < 1.29 is 9.47 Å². The fourth-order valence-corrected chi connectivity index (χ4v) is 4.05. The van der Waals surface area contributed by atoms with Crippen LogP contribution in [0.25, 0.3) is 17.1 Å². The molecule has 9 heteroatoms. The summed E-state index contributed by atoms with van der Waals surface area (Å²) < 4.78 is 13.1. The molecule has 0 aliphatic carbocycles. The Bertz CT molecular complexity index is 1480. The van der Waals surface area contributed by atoms with Crippen molar-refractivity contribution in [3.8, 4) is 28.7 Å². The van der Waals surface area contributed by atoms with E-state index in [1.54, 1.807) is 30.1 Å². The highest BCUT2D eigenvalue weighted by atomic mass is 79.9. The van der Waals surface area contributed by atoms with Crippen LogP contribution >= 0.6 is 15.9 Å². The second-order valence-electron chi connectivity index (χ2n) is 9.44. The Kier molecular flexibility index (Phi) is 7.21. The molecule has 0 aliphatic rings. The Morgan fingerprint density at radius 2 is 1.81 bits per heavy atom. The lowest BCUT2D eigenvalue weighted by molar-refractivity contribution is 0.295. The molecule has 0 fully saturated rings. The molecular formula is C27H28BrN5O3. The van der Waals surface area contributed by atoms with Gasteiger partial charge in [-0.1, -0.05) is 26.8 Å². The summed E-state index contributed by atoms with van der Waals surface area (Å²) in [5, 5.41) is 0. The summed E-state index contributed by atoms with van der Waals surface area (Å²) in [7, 11) is 1.56. The SMILES string of the molecule is COc1cccc(COc2cc(C)n(-c3cc(-c4ccnc(C(C)(C)C)n4)ncc3C)c(=O)c2Br)n1. The molecule has 0 saturated carbocycles. The smallest absolute Gasteiger partial charge is 0.273 e. The third-order valence-electron chi connectivity index (χ3n) is 5.57. The van der Waals surface area contributed by atoms with Gasteiger partial charge in [0.2, 0.25) is 5.88 Å². The summed E-state index contributed by atoms with van der Waals surface area (Å²) in [5.41, 5.74) is 3.92. The normalized spacial score (nSPS) is 11.4. The molecule has 4 rings (SSSR count). The van der Waals surface area contributed by atoms with Crippen LogP contribution in [-0.2, 0) is 12.0 Å². The summed E-state index contributed by atoms with van der Waals surface area (Å²) in [6.07, 6.45) is 3.49. The van der Waals surface area contributed by atoms with Crippen LogP contribution in [0.15, 0.2) is 58.1 Å². The van der Waals surface area contributed by atoms with Gasteiger partial charge in [-0.15, -0.1) is 0 Å². The highest BCUT2D eigenvalue weighted by molar-refractivity contribution is 9.10. The third-order valence-corrected chi connectivity index (χ3v) is 6.30. The number of ether oxygens (including phenoxy) is 2. The maximum Gasteiger partial charge on any atom is 0.273 e. The topological polar surface area (TPSA) is 92.0 Å². The Labute approximate surface area is 218 Å². The lowest BCUT2D eigenvalue weighted by Gasteiger charge is -2.18. The van der Waals surface area contributed by atoms with Crippen molar-refractivity contribution >= 4 is 15.9 Å². The zero-order valence-electron chi connectivity index (χ0n) is 21.2. The lowest BCUT2D eigenvalue weighted by atomic mass is 9.95. The fourth-order valence-electron chi connectivity index (χ4n) is 3.65. The molecule has 4 heterocycles. The molecule has 0 saturated heterocycles. The molecule has 0 spiro atoms. The molecule has 4 aromatic heterocycles. The number of nitrogens with zero attached hydrogens (tertiary/aromatic N) is 5. The van der Waals surface area contributed by atoms with Gasteiger partial charge in [0, 0.05) is 35.6 Å². The van der Waals surface area contributed by atoms with E-state index < -0.39 is 0 Å². The van der Waals surface area contributed by atoms with Crippen LogP contribution in [0.3, 0.4) is 0 Å². The Morgan fingerprint density at radius 3 is 2.53 bits per heavy atom. The van der Waals surface area contributed by atoms with Gasteiger partial charge in [0.25, 0.3) is 5.56 Å². The van der Waals surface area contributed by atoms with Crippen molar-refractivity contribution in [2.75, 3.05) is 7.11 Å². The second kappa shape index (κ2) is 10.2. The first kappa shape index (κ1) is 25.5. The minimum atomic E-state index is -0.234. The molecule has 186 valence electrons.